The lowest BCUT2D eigenvalue weighted by Crippen LogP contribution is -2.51. The monoisotopic (exact) mass is 354 g/mol. The molecule has 5 N–H and O–H groups in total. The van der Waals surface area contributed by atoms with Crippen molar-refractivity contribution in [2.24, 2.45) is 23.5 Å². The summed E-state index contributed by atoms with van der Waals surface area (Å²) < 4.78 is 5.24. The Morgan fingerprint density at radius 2 is 2.04 bits per heavy atom. The molecule has 0 saturated heterocycles. The molecule has 0 spiro atoms. The van der Waals surface area contributed by atoms with E-state index in [4.69, 9.17) is 22.1 Å². The van der Waals surface area contributed by atoms with E-state index in [9.17, 15) is 24.6 Å². The fraction of sp³-hybridized carbons (Fsp3) is 0.400. The standard InChI is InChI=1S/C15H15ClN2O6/c16-6-2-1-3-7(4-6)18-14(23)24-8-5-15(17,13(21)22)11-9(8)10(11)12(19)20/h1-4,8-11H,5,17H2,(H,18,23)(H,19,20)(H,21,22)/t8-,9-,10-,11?,15-/m0/s1. The second kappa shape index (κ2) is 5.64. The van der Waals surface area contributed by atoms with Gasteiger partial charge in [-0.25, -0.2) is 4.79 Å². The largest absolute Gasteiger partial charge is 0.481 e. The fourth-order valence-corrected chi connectivity index (χ4v) is 3.78. The van der Waals surface area contributed by atoms with Gasteiger partial charge in [0, 0.05) is 29.0 Å². The number of carboxylic acids is 2. The highest BCUT2D eigenvalue weighted by atomic mass is 35.5. The number of ether oxygens (including phenoxy) is 1. The quantitative estimate of drug-likeness (QED) is 0.640. The lowest BCUT2D eigenvalue weighted by atomic mass is 9.91. The summed E-state index contributed by atoms with van der Waals surface area (Å²) in [5.74, 6) is -4.67. The first-order valence-electron chi connectivity index (χ1n) is 7.22. The Kier molecular flexibility index (Phi) is 3.89. The van der Waals surface area contributed by atoms with Crippen LogP contribution in [-0.2, 0) is 14.3 Å². The number of nitrogens with one attached hydrogen (secondary N) is 1. The van der Waals surface area contributed by atoms with E-state index in [1.807, 2.05) is 0 Å². The molecule has 0 aromatic heterocycles. The predicted octanol–water partition coefficient (Wildman–Crippen LogP) is 1.39. The van der Waals surface area contributed by atoms with Crippen LogP contribution in [0.1, 0.15) is 6.42 Å². The summed E-state index contributed by atoms with van der Waals surface area (Å²) in [5.41, 5.74) is 4.57. The molecule has 1 aromatic rings. The Morgan fingerprint density at radius 1 is 1.33 bits per heavy atom. The van der Waals surface area contributed by atoms with E-state index in [-0.39, 0.29) is 6.42 Å². The SMILES string of the molecule is N[C@@]1(C(=O)O)C[C@H](OC(=O)Nc2cccc(Cl)c2)[C@@H]2C1[C@H]2C(=O)O. The molecule has 3 rings (SSSR count). The van der Waals surface area contributed by atoms with Crippen molar-refractivity contribution in [1.29, 1.82) is 0 Å². The zero-order valence-electron chi connectivity index (χ0n) is 12.3. The van der Waals surface area contributed by atoms with E-state index in [1.54, 1.807) is 18.2 Å². The Labute approximate surface area is 141 Å². The van der Waals surface area contributed by atoms with Gasteiger partial charge >= 0.3 is 18.0 Å². The first-order chi connectivity index (χ1) is 11.2. The van der Waals surface area contributed by atoms with Gasteiger partial charge in [-0.2, -0.15) is 0 Å². The van der Waals surface area contributed by atoms with E-state index in [2.05, 4.69) is 5.32 Å². The van der Waals surface area contributed by atoms with Gasteiger partial charge in [-0.1, -0.05) is 17.7 Å². The van der Waals surface area contributed by atoms with Crippen LogP contribution in [0.3, 0.4) is 0 Å². The number of hydrogen-bond donors (Lipinski definition) is 4. The summed E-state index contributed by atoms with van der Waals surface area (Å²) in [6, 6.07) is 6.39. The van der Waals surface area contributed by atoms with Crippen LogP contribution in [0.25, 0.3) is 0 Å². The highest BCUT2D eigenvalue weighted by Gasteiger charge is 2.75. The zero-order valence-corrected chi connectivity index (χ0v) is 13.1. The Hall–Kier alpha value is -2.32. The predicted molar refractivity (Wildman–Crippen MR) is 82.6 cm³/mol. The molecule has 2 saturated carbocycles. The number of aliphatic carboxylic acids is 2. The Balaban J connectivity index is 1.70. The third-order valence-corrected chi connectivity index (χ3v) is 4.89. The van der Waals surface area contributed by atoms with Gasteiger partial charge in [-0.3, -0.25) is 14.9 Å². The lowest BCUT2D eigenvalue weighted by Gasteiger charge is -2.24. The van der Waals surface area contributed by atoms with Crippen molar-refractivity contribution < 1.29 is 29.3 Å². The van der Waals surface area contributed by atoms with Crippen LogP contribution in [0, 0.1) is 17.8 Å². The summed E-state index contributed by atoms with van der Waals surface area (Å²) in [7, 11) is 0. The van der Waals surface area contributed by atoms with Gasteiger partial charge in [-0.15, -0.1) is 0 Å². The molecule has 8 nitrogen and oxygen atoms in total. The zero-order chi connectivity index (χ0) is 17.6. The molecule has 0 heterocycles. The molecule has 1 aromatic carbocycles. The molecule has 2 aliphatic rings. The molecule has 5 atom stereocenters. The minimum Gasteiger partial charge on any atom is -0.481 e. The summed E-state index contributed by atoms with van der Waals surface area (Å²) in [6.45, 7) is 0. The second-order valence-corrected chi connectivity index (χ2v) is 6.53. The maximum atomic E-state index is 12.0. The van der Waals surface area contributed by atoms with Crippen molar-refractivity contribution in [3.63, 3.8) is 0 Å². The molecule has 9 heteroatoms. The van der Waals surface area contributed by atoms with Crippen LogP contribution in [-0.4, -0.2) is 39.9 Å². The molecule has 24 heavy (non-hydrogen) atoms. The normalized spacial score (nSPS) is 33.4. The number of nitrogens with two attached hydrogens (primary N) is 1. The van der Waals surface area contributed by atoms with E-state index in [0.29, 0.717) is 10.7 Å². The highest BCUT2D eigenvalue weighted by Crippen LogP contribution is 2.62. The number of benzene rings is 1. The Morgan fingerprint density at radius 3 is 2.62 bits per heavy atom. The van der Waals surface area contributed by atoms with Crippen molar-refractivity contribution >= 4 is 35.3 Å². The number of anilines is 1. The van der Waals surface area contributed by atoms with Gasteiger partial charge in [0.2, 0.25) is 0 Å². The number of rotatable bonds is 4. The maximum absolute atomic E-state index is 12.0. The summed E-state index contributed by atoms with van der Waals surface area (Å²) in [4.78, 5) is 34.6. The molecule has 0 bridgehead atoms. The minimum absolute atomic E-state index is 0.121. The smallest absolute Gasteiger partial charge is 0.411 e. The van der Waals surface area contributed by atoms with Crippen LogP contribution in [0.2, 0.25) is 5.02 Å². The molecule has 2 aliphatic carbocycles. The number of halogens is 1. The van der Waals surface area contributed by atoms with Gasteiger partial charge < -0.3 is 20.7 Å². The first-order valence-corrected chi connectivity index (χ1v) is 7.60. The topological polar surface area (TPSA) is 139 Å². The number of carbonyl (C=O) groups is 3. The van der Waals surface area contributed by atoms with Crippen LogP contribution in [0.4, 0.5) is 10.5 Å². The maximum Gasteiger partial charge on any atom is 0.411 e. The lowest BCUT2D eigenvalue weighted by molar-refractivity contribution is -0.146. The van der Waals surface area contributed by atoms with Crippen molar-refractivity contribution in [3.05, 3.63) is 29.3 Å². The first kappa shape index (κ1) is 16.5. The molecule has 0 radical (unpaired) electrons. The van der Waals surface area contributed by atoms with Crippen molar-refractivity contribution in [3.8, 4) is 0 Å². The molecular formula is C15H15ClN2O6. The van der Waals surface area contributed by atoms with E-state index in [1.165, 1.54) is 6.07 Å². The number of carboxylic acid groups (broad SMARTS) is 2. The summed E-state index contributed by atoms with van der Waals surface area (Å²) in [6.07, 6.45) is -1.80. The fourth-order valence-electron chi connectivity index (χ4n) is 3.59. The van der Waals surface area contributed by atoms with Crippen LogP contribution in [0.15, 0.2) is 24.3 Å². The van der Waals surface area contributed by atoms with Crippen LogP contribution < -0.4 is 11.1 Å². The van der Waals surface area contributed by atoms with Crippen LogP contribution in [0.5, 0.6) is 0 Å². The van der Waals surface area contributed by atoms with Crippen molar-refractivity contribution in [2.75, 3.05) is 5.32 Å². The van der Waals surface area contributed by atoms with Gasteiger partial charge in [-0.05, 0) is 18.2 Å². The van der Waals surface area contributed by atoms with E-state index < -0.39 is 47.4 Å². The number of amides is 1. The summed E-state index contributed by atoms with van der Waals surface area (Å²) in [5, 5.41) is 21.4. The van der Waals surface area contributed by atoms with E-state index in [0.717, 1.165) is 0 Å². The summed E-state index contributed by atoms with van der Waals surface area (Å²) >= 11 is 5.82. The minimum atomic E-state index is -1.70. The number of hydrogen-bond acceptors (Lipinski definition) is 5. The highest BCUT2D eigenvalue weighted by molar-refractivity contribution is 6.30. The van der Waals surface area contributed by atoms with Crippen molar-refractivity contribution in [2.45, 2.75) is 18.1 Å². The van der Waals surface area contributed by atoms with Crippen molar-refractivity contribution in [1.82, 2.24) is 0 Å². The number of fused-ring (bicyclic) bond motifs is 1. The Bertz CT molecular complexity index is 726. The molecular weight excluding hydrogens is 340 g/mol. The molecule has 1 amide bonds. The third kappa shape index (κ3) is 2.67. The molecule has 2 fully saturated rings. The average Bonchev–Trinajstić information content (AvgIpc) is 3.16. The third-order valence-electron chi connectivity index (χ3n) is 4.65. The van der Waals surface area contributed by atoms with Gasteiger partial charge in [0.25, 0.3) is 0 Å². The van der Waals surface area contributed by atoms with Crippen LogP contribution >= 0.6 is 11.6 Å². The van der Waals surface area contributed by atoms with Gasteiger partial charge in [0.05, 0.1) is 5.92 Å². The number of carbonyl (C=O) groups excluding carboxylic acids is 1. The van der Waals surface area contributed by atoms with E-state index >= 15 is 0 Å². The average molecular weight is 355 g/mol. The molecule has 0 aliphatic heterocycles. The second-order valence-electron chi connectivity index (χ2n) is 6.10. The van der Waals surface area contributed by atoms with Gasteiger partial charge in [0.15, 0.2) is 0 Å². The molecule has 128 valence electrons. The molecule has 1 unspecified atom stereocenters. The van der Waals surface area contributed by atoms with Gasteiger partial charge in [0.1, 0.15) is 11.6 Å².